The van der Waals surface area contributed by atoms with Crippen LogP contribution in [0.3, 0.4) is 0 Å². The summed E-state index contributed by atoms with van der Waals surface area (Å²) in [5.41, 5.74) is 9.69. The molecule has 106 valence electrons. The van der Waals surface area contributed by atoms with Gasteiger partial charge >= 0.3 is 0 Å². The van der Waals surface area contributed by atoms with E-state index in [0.717, 1.165) is 22.6 Å². The summed E-state index contributed by atoms with van der Waals surface area (Å²) in [5, 5.41) is 0. The lowest BCUT2D eigenvalue weighted by atomic mass is 9.97. The number of aryl methyl sites for hydroxylation is 1. The van der Waals surface area contributed by atoms with Crippen molar-refractivity contribution in [3.8, 4) is 11.5 Å². The second-order valence-electron chi connectivity index (χ2n) is 4.56. The van der Waals surface area contributed by atoms with E-state index in [4.69, 9.17) is 15.2 Å². The molecule has 0 saturated heterocycles. The SMILES string of the molecule is COc1ccc(OC)c(C(N)c2cccc(C)c2I)c1. The minimum atomic E-state index is -0.244. The first-order valence-electron chi connectivity index (χ1n) is 6.31. The van der Waals surface area contributed by atoms with Gasteiger partial charge in [0, 0.05) is 9.13 Å². The summed E-state index contributed by atoms with van der Waals surface area (Å²) in [6, 6.07) is 11.6. The minimum Gasteiger partial charge on any atom is -0.497 e. The van der Waals surface area contributed by atoms with Gasteiger partial charge in [0.25, 0.3) is 0 Å². The van der Waals surface area contributed by atoms with Crippen LogP contribution in [0.25, 0.3) is 0 Å². The third kappa shape index (κ3) is 2.91. The molecule has 0 heterocycles. The first-order valence-corrected chi connectivity index (χ1v) is 7.39. The monoisotopic (exact) mass is 383 g/mol. The number of hydrogen-bond donors (Lipinski definition) is 1. The van der Waals surface area contributed by atoms with Gasteiger partial charge in [0.2, 0.25) is 0 Å². The van der Waals surface area contributed by atoms with Crippen LogP contribution >= 0.6 is 22.6 Å². The van der Waals surface area contributed by atoms with E-state index in [1.165, 1.54) is 9.13 Å². The van der Waals surface area contributed by atoms with E-state index < -0.39 is 0 Å². The highest BCUT2D eigenvalue weighted by molar-refractivity contribution is 14.1. The lowest BCUT2D eigenvalue weighted by molar-refractivity contribution is 0.397. The Hall–Kier alpha value is -1.27. The average Bonchev–Trinajstić information content (AvgIpc) is 2.48. The van der Waals surface area contributed by atoms with Crippen LogP contribution in [0.1, 0.15) is 22.7 Å². The highest BCUT2D eigenvalue weighted by Gasteiger charge is 2.18. The number of hydrogen-bond acceptors (Lipinski definition) is 3. The molecule has 0 aromatic heterocycles. The topological polar surface area (TPSA) is 44.5 Å². The normalized spacial score (nSPS) is 12.1. The Kier molecular flexibility index (Phi) is 4.88. The molecule has 0 aliphatic rings. The predicted octanol–water partition coefficient (Wildman–Crippen LogP) is 3.66. The predicted molar refractivity (Wildman–Crippen MR) is 89.5 cm³/mol. The van der Waals surface area contributed by atoms with E-state index in [1.807, 2.05) is 24.3 Å². The summed E-state index contributed by atoms with van der Waals surface area (Å²) in [7, 11) is 3.30. The molecule has 0 aliphatic carbocycles. The third-order valence-corrected chi connectivity index (χ3v) is 4.80. The van der Waals surface area contributed by atoms with Gasteiger partial charge in [-0.3, -0.25) is 0 Å². The first-order chi connectivity index (χ1) is 9.58. The van der Waals surface area contributed by atoms with E-state index in [2.05, 4.69) is 41.6 Å². The molecule has 20 heavy (non-hydrogen) atoms. The Morgan fingerprint density at radius 3 is 2.45 bits per heavy atom. The fourth-order valence-electron chi connectivity index (χ4n) is 2.16. The standard InChI is InChI=1S/C16H18INO2/c1-10-5-4-6-12(15(10)17)16(18)13-9-11(19-2)7-8-14(13)20-3/h4-9,16H,18H2,1-3H3. The van der Waals surface area contributed by atoms with Crippen LogP contribution in [-0.4, -0.2) is 14.2 Å². The molecule has 1 unspecified atom stereocenters. The number of nitrogens with two attached hydrogens (primary N) is 1. The van der Waals surface area contributed by atoms with Crippen molar-refractivity contribution in [2.75, 3.05) is 14.2 Å². The molecule has 3 nitrogen and oxygen atoms in total. The summed E-state index contributed by atoms with van der Waals surface area (Å²) in [6.07, 6.45) is 0. The number of halogens is 1. The Bertz CT molecular complexity index is 613. The molecule has 0 amide bonds. The molecule has 0 radical (unpaired) electrons. The van der Waals surface area contributed by atoms with Crippen LogP contribution in [0.2, 0.25) is 0 Å². The van der Waals surface area contributed by atoms with Crippen LogP contribution in [-0.2, 0) is 0 Å². The maximum absolute atomic E-state index is 6.45. The lowest BCUT2D eigenvalue weighted by Gasteiger charge is -2.19. The van der Waals surface area contributed by atoms with Crippen molar-refractivity contribution in [2.45, 2.75) is 13.0 Å². The number of benzene rings is 2. The van der Waals surface area contributed by atoms with Gasteiger partial charge in [0.15, 0.2) is 0 Å². The van der Waals surface area contributed by atoms with Gasteiger partial charge in [-0.15, -0.1) is 0 Å². The molecule has 2 aromatic carbocycles. The highest BCUT2D eigenvalue weighted by atomic mass is 127. The van der Waals surface area contributed by atoms with Gasteiger partial charge in [-0.1, -0.05) is 18.2 Å². The molecular weight excluding hydrogens is 365 g/mol. The van der Waals surface area contributed by atoms with Crippen molar-refractivity contribution >= 4 is 22.6 Å². The maximum atomic E-state index is 6.45. The second kappa shape index (κ2) is 6.45. The Balaban J connectivity index is 2.51. The summed E-state index contributed by atoms with van der Waals surface area (Å²) < 4.78 is 11.9. The zero-order chi connectivity index (χ0) is 14.7. The first kappa shape index (κ1) is 15.1. The molecule has 2 aromatic rings. The van der Waals surface area contributed by atoms with Gasteiger partial charge in [-0.05, 0) is 58.8 Å². The largest absolute Gasteiger partial charge is 0.497 e. The molecule has 4 heteroatoms. The Morgan fingerprint density at radius 2 is 1.80 bits per heavy atom. The Labute approximate surface area is 133 Å². The smallest absolute Gasteiger partial charge is 0.124 e. The molecule has 0 aliphatic heterocycles. The van der Waals surface area contributed by atoms with Gasteiger partial charge in [-0.25, -0.2) is 0 Å². The zero-order valence-electron chi connectivity index (χ0n) is 11.8. The highest BCUT2D eigenvalue weighted by Crippen LogP contribution is 2.34. The van der Waals surface area contributed by atoms with Gasteiger partial charge in [0.1, 0.15) is 11.5 Å². The Morgan fingerprint density at radius 1 is 1.05 bits per heavy atom. The van der Waals surface area contributed by atoms with Crippen molar-refractivity contribution < 1.29 is 9.47 Å². The van der Waals surface area contributed by atoms with E-state index in [0.29, 0.717) is 0 Å². The fourth-order valence-corrected chi connectivity index (χ4v) is 2.86. The maximum Gasteiger partial charge on any atom is 0.124 e. The summed E-state index contributed by atoms with van der Waals surface area (Å²) in [5.74, 6) is 1.55. The summed E-state index contributed by atoms with van der Waals surface area (Å²) in [6.45, 7) is 2.08. The molecule has 0 spiro atoms. The zero-order valence-corrected chi connectivity index (χ0v) is 14.0. The number of ether oxygens (including phenoxy) is 2. The van der Waals surface area contributed by atoms with Crippen molar-refractivity contribution in [1.29, 1.82) is 0 Å². The average molecular weight is 383 g/mol. The molecule has 0 fully saturated rings. The molecule has 2 N–H and O–H groups in total. The second-order valence-corrected chi connectivity index (χ2v) is 5.64. The van der Waals surface area contributed by atoms with Crippen molar-refractivity contribution in [2.24, 2.45) is 5.73 Å². The van der Waals surface area contributed by atoms with Crippen LogP contribution in [0.5, 0.6) is 11.5 Å². The van der Waals surface area contributed by atoms with Gasteiger partial charge in [-0.2, -0.15) is 0 Å². The fraction of sp³-hybridized carbons (Fsp3) is 0.250. The third-order valence-electron chi connectivity index (χ3n) is 3.33. The van der Waals surface area contributed by atoms with Gasteiger partial charge < -0.3 is 15.2 Å². The lowest BCUT2D eigenvalue weighted by Crippen LogP contribution is -2.15. The summed E-state index contributed by atoms with van der Waals surface area (Å²) >= 11 is 2.34. The van der Waals surface area contributed by atoms with E-state index in [1.54, 1.807) is 14.2 Å². The van der Waals surface area contributed by atoms with Crippen LogP contribution in [0.4, 0.5) is 0 Å². The summed E-state index contributed by atoms with van der Waals surface area (Å²) in [4.78, 5) is 0. The van der Waals surface area contributed by atoms with E-state index in [9.17, 15) is 0 Å². The van der Waals surface area contributed by atoms with E-state index >= 15 is 0 Å². The van der Waals surface area contributed by atoms with Crippen molar-refractivity contribution in [3.05, 3.63) is 56.7 Å². The van der Waals surface area contributed by atoms with Crippen LogP contribution in [0, 0.1) is 10.5 Å². The van der Waals surface area contributed by atoms with Gasteiger partial charge in [0.05, 0.1) is 20.3 Å². The van der Waals surface area contributed by atoms with Crippen molar-refractivity contribution in [1.82, 2.24) is 0 Å². The molecule has 0 saturated carbocycles. The number of methoxy groups -OCH3 is 2. The molecule has 1 atom stereocenters. The number of rotatable bonds is 4. The van der Waals surface area contributed by atoms with Crippen molar-refractivity contribution in [3.63, 3.8) is 0 Å². The minimum absolute atomic E-state index is 0.244. The molecule has 0 bridgehead atoms. The van der Waals surface area contributed by atoms with E-state index in [-0.39, 0.29) is 6.04 Å². The molecular formula is C16H18INO2. The quantitative estimate of drug-likeness (QED) is 0.820. The molecule has 2 rings (SSSR count). The van der Waals surface area contributed by atoms with Crippen LogP contribution in [0.15, 0.2) is 36.4 Å². The van der Waals surface area contributed by atoms with Crippen LogP contribution < -0.4 is 15.2 Å².